The molecule has 142 valence electrons. The van der Waals surface area contributed by atoms with Crippen molar-refractivity contribution in [3.63, 3.8) is 0 Å². The molecule has 0 radical (unpaired) electrons. The first-order valence-corrected chi connectivity index (χ1v) is 10.3. The maximum absolute atomic E-state index is 13.1. The Kier molecular flexibility index (Phi) is 5.45. The summed E-state index contributed by atoms with van der Waals surface area (Å²) in [6.45, 7) is 2.54. The molecule has 0 bridgehead atoms. The van der Waals surface area contributed by atoms with Gasteiger partial charge in [-0.25, -0.2) is 4.99 Å². The second kappa shape index (κ2) is 8.16. The lowest BCUT2D eigenvalue weighted by Gasteiger charge is -2.27. The topological polar surface area (TPSA) is 63.4 Å². The fourth-order valence-corrected chi connectivity index (χ4v) is 3.92. The van der Waals surface area contributed by atoms with E-state index >= 15 is 0 Å². The average molecular weight is 412 g/mol. The van der Waals surface area contributed by atoms with E-state index in [1.165, 1.54) is 11.0 Å². The van der Waals surface area contributed by atoms with E-state index < -0.39 is 0 Å². The van der Waals surface area contributed by atoms with Crippen molar-refractivity contribution in [1.29, 1.82) is 0 Å². The van der Waals surface area contributed by atoms with Gasteiger partial charge in [0.15, 0.2) is 10.9 Å². The van der Waals surface area contributed by atoms with Crippen molar-refractivity contribution in [1.82, 2.24) is 19.9 Å². The highest BCUT2D eigenvalue weighted by Gasteiger charge is 2.27. The molecule has 28 heavy (non-hydrogen) atoms. The summed E-state index contributed by atoms with van der Waals surface area (Å²) in [6.07, 6.45) is 2.39. The number of para-hydroxylation sites is 1. The number of aromatic nitrogens is 3. The van der Waals surface area contributed by atoms with Crippen molar-refractivity contribution < 1.29 is 4.79 Å². The highest BCUT2D eigenvalue weighted by molar-refractivity contribution is 8.13. The first-order valence-electron chi connectivity index (χ1n) is 8.89. The Morgan fingerprint density at radius 3 is 2.82 bits per heavy atom. The summed E-state index contributed by atoms with van der Waals surface area (Å²) in [4.78, 5) is 20.8. The number of carbonyl (C=O) groups excluding carboxylic acids is 1. The van der Waals surface area contributed by atoms with E-state index in [0.29, 0.717) is 22.4 Å². The van der Waals surface area contributed by atoms with Crippen molar-refractivity contribution in [2.45, 2.75) is 13.3 Å². The van der Waals surface area contributed by atoms with Crippen LogP contribution >= 0.6 is 23.4 Å². The number of amides is 1. The van der Waals surface area contributed by atoms with E-state index in [9.17, 15) is 4.79 Å². The van der Waals surface area contributed by atoms with Crippen LogP contribution in [0.5, 0.6) is 0 Å². The van der Waals surface area contributed by atoms with Gasteiger partial charge in [0.05, 0.1) is 17.6 Å². The summed E-state index contributed by atoms with van der Waals surface area (Å²) in [7, 11) is 0. The number of rotatable bonds is 3. The van der Waals surface area contributed by atoms with E-state index in [4.69, 9.17) is 11.6 Å². The molecule has 0 aliphatic carbocycles. The minimum atomic E-state index is -0.202. The minimum Gasteiger partial charge on any atom is -0.286 e. The summed E-state index contributed by atoms with van der Waals surface area (Å²) in [5.74, 6) is 0.713. The lowest BCUT2D eigenvalue weighted by molar-refractivity contribution is 0.0843. The Morgan fingerprint density at radius 2 is 2.04 bits per heavy atom. The van der Waals surface area contributed by atoms with E-state index in [-0.39, 0.29) is 5.91 Å². The van der Waals surface area contributed by atoms with Gasteiger partial charge in [-0.15, -0.1) is 5.10 Å². The summed E-state index contributed by atoms with van der Waals surface area (Å²) in [5.41, 5.74) is 2.82. The molecule has 0 N–H and O–H groups in total. The van der Waals surface area contributed by atoms with Crippen molar-refractivity contribution in [2.24, 2.45) is 4.99 Å². The standard InChI is InChI=1S/C20H18ClN5OS/c1-14-8-9-15(12-17(14)21)23-20-25(10-5-11-28-20)19(27)18-13-22-26(24-18)16-6-3-2-4-7-16/h2-4,6-9,12-13H,5,10-11H2,1H3. The van der Waals surface area contributed by atoms with Gasteiger partial charge < -0.3 is 0 Å². The van der Waals surface area contributed by atoms with Crippen LogP contribution in [0.25, 0.3) is 5.69 Å². The number of hydrogen-bond donors (Lipinski definition) is 0. The van der Waals surface area contributed by atoms with Gasteiger partial charge in [-0.2, -0.15) is 9.90 Å². The van der Waals surface area contributed by atoms with Gasteiger partial charge in [0.1, 0.15) is 0 Å². The molecule has 0 atom stereocenters. The van der Waals surface area contributed by atoms with Crippen LogP contribution in [-0.4, -0.2) is 43.3 Å². The second-order valence-electron chi connectivity index (χ2n) is 6.34. The fraction of sp³-hybridized carbons (Fsp3) is 0.200. The van der Waals surface area contributed by atoms with Gasteiger partial charge in [0.2, 0.25) is 0 Å². The molecule has 2 aromatic carbocycles. The van der Waals surface area contributed by atoms with Crippen LogP contribution in [0.4, 0.5) is 5.69 Å². The van der Waals surface area contributed by atoms with E-state index in [2.05, 4.69) is 15.2 Å². The molecular formula is C20H18ClN5OS. The number of benzene rings is 2. The van der Waals surface area contributed by atoms with Crippen LogP contribution in [0, 0.1) is 6.92 Å². The quantitative estimate of drug-likeness (QED) is 0.636. The maximum atomic E-state index is 13.1. The molecular weight excluding hydrogens is 394 g/mol. The Balaban J connectivity index is 1.61. The smallest absolute Gasteiger partial charge is 0.282 e. The molecule has 1 aliphatic heterocycles. The molecule has 1 aromatic heterocycles. The zero-order chi connectivity index (χ0) is 19.5. The van der Waals surface area contributed by atoms with Crippen molar-refractivity contribution >= 4 is 40.1 Å². The average Bonchev–Trinajstić information content (AvgIpc) is 3.22. The van der Waals surface area contributed by atoms with Crippen LogP contribution in [-0.2, 0) is 0 Å². The third-order valence-electron chi connectivity index (χ3n) is 4.31. The molecule has 8 heteroatoms. The number of aliphatic imine (C=N–C) groups is 1. The lowest BCUT2D eigenvalue weighted by atomic mass is 10.2. The third-order valence-corrected chi connectivity index (χ3v) is 5.78. The zero-order valence-electron chi connectivity index (χ0n) is 15.2. The number of thioether (sulfide) groups is 1. The Labute approximate surface area is 172 Å². The van der Waals surface area contributed by atoms with Gasteiger partial charge in [-0.3, -0.25) is 9.69 Å². The van der Waals surface area contributed by atoms with Gasteiger partial charge in [0.25, 0.3) is 5.91 Å². The zero-order valence-corrected chi connectivity index (χ0v) is 16.8. The van der Waals surface area contributed by atoms with Crippen LogP contribution in [0.15, 0.2) is 59.7 Å². The molecule has 0 spiro atoms. The molecule has 0 saturated carbocycles. The largest absolute Gasteiger partial charge is 0.286 e. The lowest BCUT2D eigenvalue weighted by Crippen LogP contribution is -2.39. The molecule has 6 nitrogen and oxygen atoms in total. The molecule has 1 fully saturated rings. The second-order valence-corrected chi connectivity index (χ2v) is 7.81. The predicted octanol–water partition coefficient (Wildman–Crippen LogP) is 4.50. The van der Waals surface area contributed by atoms with Crippen molar-refractivity contribution in [2.75, 3.05) is 12.3 Å². The number of halogens is 1. The van der Waals surface area contributed by atoms with Gasteiger partial charge in [-0.1, -0.05) is 47.6 Å². The summed E-state index contributed by atoms with van der Waals surface area (Å²) < 4.78 is 0. The SMILES string of the molecule is Cc1ccc(N=C2SCCCN2C(=O)c2cnn(-c3ccccc3)n2)cc1Cl. The number of amidine groups is 1. The van der Waals surface area contributed by atoms with Crippen LogP contribution < -0.4 is 0 Å². The molecule has 1 saturated heterocycles. The normalized spacial score (nSPS) is 15.8. The Morgan fingerprint density at radius 1 is 1.21 bits per heavy atom. The first-order chi connectivity index (χ1) is 13.6. The number of nitrogens with zero attached hydrogens (tertiary/aromatic N) is 5. The Bertz CT molecular complexity index is 1030. The molecule has 1 amide bonds. The third kappa shape index (κ3) is 3.95. The summed E-state index contributed by atoms with van der Waals surface area (Å²) >= 11 is 7.77. The molecule has 1 aliphatic rings. The van der Waals surface area contributed by atoms with Crippen LogP contribution in [0.3, 0.4) is 0 Å². The molecule has 0 unspecified atom stereocenters. The fourth-order valence-electron chi connectivity index (χ4n) is 2.79. The monoisotopic (exact) mass is 411 g/mol. The highest BCUT2D eigenvalue weighted by atomic mass is 35.5. The summed E-state index contributed by atoms with van der Waals surface area (Å²) in [6, 6.07) is 15.1. The van der Waals surface area contributed by atoms with Crippen LogP contribution in [0.2, 0.25) is 5.02 Å². The molecule has 3 aromatic rings. The van der Waals surface area contributed by atoms with Gasteiger partial charge >= 0.3 is 0 Å². The summed E-state index contributed by atoms with van der Waals surface area (Å²) in [5, 5.41) is 9.89. The highest BCUT2D eigenvalue weighted by Crippen LogP contribution is 2.27. The van der Waals surface area contributed by atoms with Crippen LogP contribution in [0.1, 0.15) is 22.5 Å². The molecule has 2 heterocycles. The Hall–Kier alpha value is -2.64. The van der Waals surface area contributed by atoms with E-state index in [1.54, 1.807) is 16.7 Å². The first kappa shape index (κ1) is 18.7. The maximum Gasteiger partial charge on any atom is 0.282 e. The number of aryl methyl sites for hydroxylation is 1. The number of carbonyl (C=O) groups is 1. The van der Waals surface area contributed by atoms with E-state index in [0.717, 1.165) is 29.1 Å². The molecule has 4 rings (SSSR count). The van der Waals surface area contributed by atoms with Gasteiger partial charge in [-0.05, 0) is 43.2 Å². The van der Waals surface area contributed by atoms with Crippen molar-refractivity contribution in [3.8, 4) is 5.69 Å². The minimum absolute atomic E-state index is 0.202. The van der Waals surface area contributed by atoms with Crippen molar-refractivity contribution in [3.05, 3.63) is 71.0 Å². The van der Waals surface area contributed by atoms with E-state index in [1.807, 2.05) is 55.5 Å². The van der Waals surface area contributed by atoms with Gasteiger partial charge in [0, 0.05) is 17.3 Å². The number of hydrogen-bond acceptors (Lipinski definition) is 5. The predicted molar refractivity (Wildman–Crippen MR) is 113 cm³/mol.